The normalized spacial score (nSPS) is 11.2. The van der Waals surface area contributed by atoms with E-state index in [0.29, 0.717) is 0 Å². The third kappa shape index (κ3) is 1.86. The van der Waals surface area contributed by atoms with Crippen molar-refractivity contribution in [2.75, 3.05) is 0 Å². The number of hydrogen-bond donors (Lipinski definition) is 0. The van der Waals surface area contributed by atoms with Crippen LogP contribution >= 0.6 is 11.6 Å². The Labute approximate surface area is 117 Å². The average Bonchev–Trinajstić information content (AvgIpc) is 2.79. The number of para-hydroxylation sites is 2. The van der Waals surface area contributed by atoms with Crippen LogP contribution in [0.4, 0.5) is 13.2 Å². The van der Waals surface area contributed by atoms with Gasteiger partial charge >= 0.3 is 0 Å². The number of rotatable bonds is 2. The van der Waals surface area contributed by atoms with Gasteiger partial charge in [-0.1, -0.05) is 12.1 Å². The minimum absolute atomic E-state index is 0.0332. The molecule has 0 N–H and O–H groups in total. The van der Waals surface area contributed by atoms with Crippen LogP contribution in [-0.4, -0.2) is 9.55 Å². The Balaban J connectivity index is 2.44. The van der Waals surface area contributed by atoms with Crippen LogP contribution in [0.15, 0.2) is 36.4 Å². The molecule has 0 saturated heterocycles. The molecule has 0 fully saturated rings. The molecule has 0 aliphatic carbocycles. The smallest absolute Gasteiger partial charge is 0.151 e. The van der Waals surface area contributed by atoms with Gasteiger partial charge in [-0.15, -0.1) is 11.6 Å². The van der Waals surface area contributed by atoms with Gasteiger partial charge in [0.25, 0.3) is 0 Å². The van der Waals surface area contributed by atoms with Gasteiger partial charge in [0.15, 0.2) is 5.82 Å². The van der Waals surface area contributed by atoms with Crippen molar-refractivity contribution < 1.29 is 13.2 Å². The first-order valence-corrected chi connectivity index (χ1v) is 6.33. The van der Waals surface area contributed by atoms with Crippen molar-refractivity contribution in [3.63, 3.8) is 0 Å². The second-order valence-electron chi connectivity index (χ2n) is 4.17. The summed E-state index contributed by atoms with van der Waals surface area (Å²) >= 11 is 5.76. The van der Waals surface area contributed by atoms with Crippen LogP contribution in [0.2, 0.25) is 0 Å². The van der Waals surface area contributed by atoms with E-state index in [9.17, 15) is 13.2 Å². The molecule has 102 valence electrons. The zero-order chi connectivity index (χ0) is 14.3. The lowest BCUT2D eigenvalue weighted by Gasteiger charge is -2.10. The van der Waals surface area contributed by atoms with E-state index in [1.54, 1.807) is 0 Å². The summed E-state index contributed by atoms with van der Waals surface area (Å²) < 4.78 is 42.8. The van der Waals surface area contributed by atoms with E-state index in [0.717, 1.165) is 12.1 Å². The van der Waals surface area contributed by atoms with Gasteiger partial charge in [0, 0.05) is 0 Å². The maximum absolute atomic E-state index is 13.9. The molecule has 0 bridgehead atoms. The summed E-state index contributed by atoms with van der Waals surface area (Å²) in [6.07, 6.45) is 0. The molecule has 2 nitrogen and oxygen atoms in total. The number of hydrogen-bond acceptors (Lipinski definition) is 1. The lowest BCUT2D eigenvalue weighted by Crippen LogP contribution is -2.05. The maximum Gasteiger partial charge on any atom is 0.151 e. The second kappa shape index (κ2) is 4.83. The van der Waals surface area contributed by atoms with E-state index in [1.807, 2.05) is 0 Å². The first kappa shape index (κ1) is 13.0. The van der Waals surface area contributed by atoms with Crippen molar-refractivity contribution in [3.8, 4) is 5.69 Å². The molecule has 0 saturated carbocycles. The summed E-state index contributed by atoms with van der Waals surface area (Å²) in [5.74, 6) is -2.01. The Morgan fingerprint density at radius 1 is 0.950 bits per heavy atom. The molecule has 0 unspecified atom stereocenters. The van der Waals surface area contributed by atoms with Crippen molar-refractivity contribution in [3.05, 3.63) is 59.7 Å². The molecule has 2 aromatic carbocycles. The van der Waals surface area contributed by atoms with Crippen LogP contribution in [0.5, 0.6) is 0 Å². The predicted octanol–water partition coefficient (Wildman–Crippen LogP) is 4.18. The average molecular weight is 297 g/mol. The highest BCUT2D eigenvalue weighted by atomic mass is 35.5. The first-order chi connectivity index (χ1) is 9.63. The fraction of sp³-hybridized carbons (Fsp3) is 0.0714. The highest BCUT2D eigenvalue weighted by molar-refractivity contribution is 6.17. The summed E-state index contributed by atoms with van der Waals surface area (Å²) in [5, 5.41) is 0. The summed E-state index contributed by atoms with van der Waals surface area (Å²) in [4.78, 5) is 4.01. The number of imidazole rings is 1. The number of benzene rings is 2. The lowest BCUT2D eigenvalue weighted by molar-refractivity contribution is 0.569. The molecule has 0 aliphatic heterocycles. The number of halogens is 4. The maximum atomic E-state index is 13.9. The van der Waals surface area contributed by atoms with Gasteiger partial charge in [-0.05, 0) is 24.3 Å². The Morgan fingerprint density at radius 3 is 2.20 bits per heavy atom. The van der Waals surface area contributed by atoms with Crippen LogP contribution in [0, 0.1) is 17.5 Å². The van der Waals surface area contributed by atoms with E-state index in [4.69, 9.17) is 11.6 Å². The van der Waals surface area contributed by atoms with Crippen molar-refractivity contribution in [1.82, 2.24) is 9.55 Å². The van der Waals surface area contributed by atoms with Gasteiger partial charge in [-0.3, -0.25) is 4.57 Å². The summed E-state index contributed by atoms with van der Waals surface area (Å²) in [6.45, 7) is 0. The zero-order valence-corrected chi connectivity index (χ0v) is 10.8. The van der Waals surface area contributed by atoms with Gasteiger partial charge < -0.3 is 0 Å². The third-order valence-electron chi connectivity index (χ3n) is 2.99. The monoisotopic (exact) mass is 296 g/mol. The van der Waals surface area contributed by atoms with Crippen molar-refractivity contribution in [2.24, 2.45) is 0 Å². The summed E-state index contributed by atoms with van der Waals surface area (Å²) in [7, 11) is 0. The van der Waals surface area contributed by atoms with Crippen molar-refractivity contribution >= 4 is 22.6 Å². The standard InChI is InChI=1S/C14H8ClF3N2/c15-7-12-19-13-8(16)3-2-6-11(13)20(12)14-9(17)4-1-5-10(14)18/h1-6H,7H2. The molecule has 20 heavy (non-hydrogen) atoms. The lowest BCUT2D eigenvalue weighted by atomic mass is 10.2. The quantitative estimate of drug-likeness (QED) is 0.649. The molecule has 6 heteroatoms. The minimum atomic E-state index is -0.764. The summed E-state index contributed by atoms with van der Waals surface area (Å²) in [5.41, 5.74) is -0.00768. The Bertz CT molecular complexity index is 778. The molecule has 0 radical (unpaired) electrons. The van der Waals surface area contributed by atoms with Gasteiger partial charge in [0.05, 0.1) is 11.4 Å². The van der Waals surface area contributed by atoms with E-state index >= 15 is 0 Å². The fourth-order valence-electron chi connectivity index (χ4n) is 2.15. The van der Waals surface area contributed by atoms with Gasteiger partial charge in [-0.2, -0.15) is 0 Å². The topological polar surface area (TPSA) is 17.8 Å². The molecule has 1 heterocycles. The first-order valence-electron chi connectivity index (χ1n) is 5.79. The van der Waals surface area contributed by atoms with Crippen molar-refractivity contribution in [1.29, 1.82) is 0 Å². The molecule has 3 aromatic rings. The SMILES string of the molecule is Fc1cccc(F)c1-n1c(CCl)nc2c(F)cccc21. The fourth-order valence-corrected chi connectivity index (χ4v) is 2.33. The molecule has 1 aromatic heterocycles. The highest BCUT2D eigenvalue weighted by Gasteiger charge is 2.19. The molecular formula is C14H8ClF3N2. The van der Waals surface area contributed by atoms with Gasteiger partial charge in [0.1, 0.15) is 28.7 Å². The van der Waals surface area contributed by atoms with Crippen LogP contribution in [-0.2, 0) is 5.88 Å². The Hall–Kier alpha value is -2.01. The van der Waals surface area contributed by atoms with E-state index in [-0.39, 0.29) is 28.4 Å². The number of aromatic nitrogens is 2. The Morgan fingerprint density at radius 2 is 1.55 bits per heavy atom. The van der Waals surface area contributed by atoms with Gasteiger partial charge in [-0.25, -0.2) is 18.2 Å². The highest BCUT2D eigenvalue weighted by Crippen LogP contribution is 2.27. The Kier molecular flexibility index (Phi) is 3.14. The van der Waals surface area contributed by atoms with Crippen LogP contribution < -0.4 is 0 Å². The second-order valence-corrected chi connectivity index (χ2v) is 4.44. The molecular weight excluding hydrogens is 289 g/mol. The summed E-state index contributed by atoms with van der Waals surface area (Å²) in [6, 6.07) is 7.73. The minimum Gasteiger partial charge on any atom is -0.290 e. The van der Waals surface area contributed by atoms with Gasteiger partial charge in [0.2, 0.25) is 0 Å². The third-order valence-corrected chi connectivity index (χ3v) is 3.23. The zero-order valence-electron chi connectivity index (χ0n) is 10.1. The van der Waals surface area contributed by atoms with E-state index in [2.05, 4.69) is 4.98 Å². The molecule has 0 atom stereocenters. The number of alkyl halides is 1. The van der Waals surface area contributed by atoms with Crippen LogP contribution in [0.25, 0.3) is 16.7 Å². The number of nitrogens with zero attached hydrogens (tertiary/aromatic N) is 2. The van der Waals surface area contributed by atoms with E-state index < -0.39 is 17.5 Å². The molecule has 0 aliphatic rings. The largest absolute Gasteiger partial charge is 0.290 e. The molecule has 0 spiro atoms. The van der Waals surface area contributed by atoms with Crippen LogP contribution in [0.1, 0.15) is 5.82 Å². The van der Waals surface area contributed by atoms with Crippen LogP contribution in [0.3, 0.4) is 0 Å². The van der Waals surface area contributed by atoms with Crippen molar-refractivity contribution in [2.45, 2.75) is 5.88 Å². The molecule has 3 rings (SSSR count). The predicted molar refractivity (Wildman–Crippen MR) is 70.5 cm³/mol. The number of fused-ring (bicyclic) bond motifs is 1. The van der Waals surface area contributed by atoms with E-state index in [1.165, 1.54) is 28.8 Å². The molecule has 0 amide bonds.